The first kappa shape index (κ1) is 24.7. The van der Waals surface area contributed by atoms with Crippen molar-refractivity contribution in [2.75, 3.05) is 6.54 Å². The van der Waals surface area contributed by atoms with Crippen molar-refractivity contribution in [1.82, 2.24) is 15.8 Å². The highest BCUT2D eigenvalue weighted by Crippen LogP contribution is 2.34. The van der Waals surface area contributed by atoms with Crippen LogP contribution in [0.4, 0.5) is 9.18 Å². The average Bonchev–Trinajstić information content (AvgIpc) is 3.23. The summed E-state index contributed by atoms with van der Waals surface area (Å²) in [5.41, 5.74) is 1.46. The standard InChI is InChI=1S/C26H27ClFN3O4/c1-16-22(24(35-31-16)23-20(27)11-6-12-21(23)28)25(32)30-19-10-5-9-18(13-19)14-29-26(33)34-15-17-7-3-2-4-8-17/h2-4,6-8,11-12,18-19H,5,9-10,13-15H2,1H3,(H,29,33)(H,30,32). The molecule has 0 radical (unpaired) electrons. The van der Waals surface area contributed by atoms with E-state index in [0.29, 0.717) is 18.7 Å². The fourth-order valence-corrected chi connectivity index (χ4v) is 4.64. The van der Waals surface area contributed by atoms with Crippen molar-refractivity contribution >= 4 is 23.6 Å². The number of hydrogen-bond donors (Lipinski definition) is 2. The molecule has 0 aliphatic heterocycles. The molecule has 2 N–H and O–H groups in total. The predicted molar refractivity (Wildman–Crippen MR) is 129 cm³/mol. The molecule has 2 aromatic carbocycles. The molecular formula is C26H27ClFN3O4. The lowest BCUT2D eigenvalue weighted by molar-refractivity contribution is 0.0917. The predicted octanol–water partition coefficient (Wildman–Crippen LogP) is 5.66. The van der Waals surface area contributed by atoms with Crippen LogP contribution in [0.1, 0.15) is 47.3 Å². The zero-order chi connectivity index (χ0) is 24.8. The van der Waals surface area contributed by atoms with Gasteiger partial charge in [-0.25, -0.2) is 9.18 Å². The molecule has 0 saturated heterocycles. The lowest BCUT2D eigenvalue weighted by atomic mass is 9.85. The number of nitrogens with zero attached hydrogens (tertiary/aromatic N) is 1. The van der Waals surface area contributed by atoms with Crippen LogP contribution in [-0.4, -0.2) is 29.7 Å². The van der Waals surface area contributed by atoms with Gasteiger partial charge in [0.15, 0.2) is 5.76 Å². The number of aromatic nitrogens is 1. The number of halogens is 2. The molecule has 1 aliphatic rings. The van der Waals surface area contributed by atoms with Crippen LogP contribution in [0.25, 0.3) is 11.3 Å². The Bertz CT molecular complexity index is 1160. The smallest absolute Gasteiger partial charge is 0.407 e. The van der Waals surface area contributed by atoms with Gasteiger partial charge in [0, 0.05) is 12.6 Å². The number of carbonyl (C=O) groups excluding carboxylic acids is 2. The van der Waals surface area contributed by atoms with Gasteiger partial charge in [-0.05, 0) is 49.8 Å². The van der Waals surface area contributed by atoms with Crippen LogP contribution in [0, 0.1) is 18.7 Å². The summed E-state index contributed by atoms with van der Waals surface area (Å²) in [6, 6.07) is 13.6. The Morgan fingerprint density at radius 1 is 1.17 bits per heavy atom. The van der Waals surface area contributed by atoms with E-state index in [0.717, 1.165) is 24.8 Å². The van der Waals surface area contributed by atoms with Crippen molar-refractivity contribution in [2.24, 2.45) is 5.92 Å². The van der Waals surface area contributed by atoms with Crippen molar-refractivity contribution in [3.63, 3.8) is 0 Å². The van der Waals surface area contributed by atoms with Crippen LogP contribution in [0.2, 0.25) is 5.02 Å². The number of aryl methyl sites for hydroxylation is 1. The summed E-state index contributed by atoms with van der Waals surface area (Å²) in [5.74, 6) is -0.773. The second-order valence-corrected chi connectivity index (χ2v) is 9.12. The highest BCUT2D eigenvalue weighted by atomic mass is 35.5. The Morgan fingerprint density at radius 3 is 2.74 bits per heavy atom. The summed E-state index contributed by atoms with van der Waals surface area (Å²) in [7, 11) is 0. The largest absolute Gasteiger partial charge is 0.445 e. The van der Waals surface area contributed by atoms with E-state index < -0.39 is 11.9 Å². The summed E-state index contributed by atoms with van der Waals surface area (Å²) < 4.78 is 25.0. The molecule has 4 rings (SSSR count). The van der Waals surface area contributed by atoms with E-state index in [1.54, 1.807) is 6.92 Å². The monoisotopic (exact) mass is 499 g/mol. The molecule has 1 aromatic heterocycles. The van der Waals surface area contributed by atoms with Crippen molar-refractivity contribution in [3.05, 3.63) is 76.2 Å². The third-order valence-electron chi connectivity index (χ3n) is 6.15. The molecule has 2 atom stereocenters. The molecule has 1 saturated carbocycles. The topological polar surface area (TPSA) is 93.5 Å². The van der Waals surface area contributed by atoms with Crippen LogP contribution < -0.4 is 10.6 Å². The number of alkyl carbamates (subject to hydrolysis) is 1. The molecule has 2 amide bonds. The van der Waals surface area contributed by atoms with E-state index >= 15 is 0 Å². The van der Waals surface area contributed by atoms with Gasteiger partial charge in [0.1, 0.15) is 18.0 Å². The molecule has 0 bridgehead atoms. The summed E-state index contributed by atoms with van der Waals surface area (Å²) in [5, 5.41) is 9.86. The van der Waals surface area contributed by atoms with Gasteiger partial charge in [-0.15, -0.1) is 0 Å². The molecule has 1 heterocycles. The third-order valence-corrected chi connectivity index (χ3v) is 6.46. The van der Waals surface area contributed by atoms with Crippen molar-refractivity contribution < 1.29 is 23.2 Å². The fourth-order valence-electron chi connectivity index (χ4n) is 4.39. The van der Waals surface area contributed by atoms with Gasteiger partial charge in [-0.3, -0.25) is 4.79 Å². The van der Waals surface area contributed by atoms with Gasteiger partial charge in [0.2, 0.25) is 0 Å². The minimum Gasteiger partial charge on any atom is -0.445 e. The molecule has 35 heavy (non-hydrogen) atoms. The normalized spacial score (nSPS) is 17.6. The lowest BCUT2D eigenvalue weighted by Crippen LogP contribution is -2.41. The SMILES string of the molecule is Cc1noc(-c2c(F)cccc2Cl)c1C(=O)NC1CCCC(CNC(=O)OCc2ccccc2)C1. The minimum atomic E-state index is -0.592. The number of rotatable bonds is 7. The second-order valence-electron chi connectivity index (χ2n) is 8.71. The fraction of sp³-hybridized carbons (Fsp3) is 0.346. The van der Waals surface area contributed by atoms with E-state index in [1.165, 1.54) is 18.2 Å². The Kier molecular flexibility index (Phi) is 8.02. The van der Waals surface area contributed by atoms with E-state index in [4.69, 9.17) is 20.9 Å². The van der Waals surface area contributed by atoms with Crippen LogP contribution in [0.15, 0.2) is 53.1 Å². The van der Waals surface area contributed by atoms with E-state index in [-0.39, 0.29) is 46.4 Å². The highest BCUT2D eigenvalue weighted by molar-refractivity contribution is 6.33. The summed E-state index contributed by atoms with van der Waals surface area (Å²) in [4.78, 5) is 25.2. The summed E-state index contributed by atoms with van der Waals surface area (Å²) >= 11 is 6.17. The maximum atomic E-state index is 14.5. The Labute approximate surface area is 208 Å². The zero-order valence-electron chi connectivity index (χ0n) is 19.4. The molecular weight excluding hydrogens is 473 g/mol. The van der Waals surface area contributed by atoms with Crippen LogP contribution in [0.5, 0.6) is 0 Å². The first-order chi connectivity index (χ1) is 16.9. The number of amides is 2. The van der Waals surface area contributed by atoms with Crippen molar-refractivity contribution in [2.45, 2.75) is 45.3 Å². The van der Waals surface area contributed by atoms with Gasteiger partial charge in [-0.2, -0.15) is 0 Å². The number of nitrogens with one attached hydrogen (secondary N) is 2. The molecule has 7 nitrogen and oxygen atoms in total. The van der Waals surface area contributed by atoms with Crippen LogP contribution in [-0.2, 0) is 11.3 Å². The maximum absolute atomic E-state index is 14.5. The Morgan fingerprint density at radius 2 is 1.97 bits per heavy atom. The third kappa shape index (κ3) is 6.19. The van der Waals surface area contributed by atoms with Crippen molar-refractivity contribution in [1.29, 1.82) is 0 Å². The maximum Gasteiger partial charge on any atom is 0.407 e. The number of hydrogen-bond acceptors (Lipinski definition) is 5. The molecule has 1 fully saturated rings. The number of benzene rings is 2. The van der Waals surface area contributed by atoms with Gasteiger partial charge in [0.05, 0.1) is 16.3 Å². The lowest BCUT2D eigenvalue weighted by Gasteiger charge is -2.29. The van der Waals surface area contributed by atoms with Crippen LogP contribution in [0.3, 0.4) is 0 Å². The highest BCUT2D eigenvalue weighted by Gasteiger charge is 2.29. The zero-order valence-corrected chi connectivity index (χ0v) is 20.1. The summed E-state index contributed by atoms with van der Waals surface area (Å²) in [6.07, 6.45) is 2.89. The Balaban J connectivity index is 1.33. The van der Waals surface area contributed by atoms with E-state index in [1.807, 2.05) is 30.3 Å². The first-order valence-corrected chi connectivity index (χ1v) is 12.0. The van der Waals surface area contributed by atoms with Gasteiger partial charge < -0.3 is 19.9 Å². The van der Waals surface area contributed by atoms with E-state index in [9.17, 15) is 14.0 Å². The quantitative estimate of drug-likeness (QED) is 0.437. The van der Waals surface area contributed by atoms with E-state index in [2.05, 4.69) is 15.8 Å². The molecule has 1 aliphatic carbocycles. The summed E-state index contributed by atoms with van der Waals surface area (Å²) in [6.45, 7) is 2.30. The molecule has 184 valence electrons. The van der Waals surface area contributed by atoms with Crippen LogP contribution >= 0.6 is 11.6 Å². The van der Waals surface area contributed by atoms with Crippen molar-refractivity contribution in [3.8, 4) is 11.3 Å². The first-order valence-electron chi connectivity index (χ1n) is 11.6. The van der Waals surface area contributed by atoms with Gasteiger partial charge >= 0.3 is 6.09 Å². The molecule has 9 heteroatoms. The van der Waals surface area contributed by atoms with Gasteiger partial charge in [0.25, 0.3) is 5.91 Å². The minimum absolute atomic E-state index is 0.0123. The molecule has 2 unspecified atom stereocenters. The second kappa shape index (κ2) is 11.4. The number of carbonyl (C=O) groups is 2. The number of ether oxygens (including phenoxy) is 1. The molecule has 3 aromatic rings. The Hall–Kier alpha value is -3.39. The molecule has 0 spiro atoms. The van der Waals surface area contributed by atoms with Gasteiger partial charge in [-0.1, -0.05) is 59.6 Å². The average molecular weight is 500 g/mol.